The summed E-state index contributed by atoms with van der Waals surface area (Å²) in [5, 5.41) is 13.4. The molecule has 1 heterocycles. The third-order valence-corrected chi connectivity index (χ3v) is 2.70. The molecule has 1 amide bonds. The Kier molecular flexibility index (Phi) is 3.85. The van der Waals surface area contributed by atoms with Gasteiger partial charge in [0.05, 0.1) is 10.5 Å². The number of nitrogens with two attached hydrogens (primary N) is 1. The largest absolute Gasteiger partial charge is 0.383 e. The van der Waals surface area contributed by atoms with E-state index < -0.39 is 16.4 Å². The molecule has 0 aliphatic heterocycles. The van der Waals surface area contributed by atoms with Gasteiger partial charge in [0.2, 0.25) is 0 Å². The number of nitrogens with zero attached hydrogens (tertiary/aromatic N) is 2. The minimum Gasteiger partial charge on any atom is -0.383 e. The van der Waals surface area contributed by atoms with Crippen molar-refractivity contribution in [2.45, 2.75) is 32.7 Å². The molecule has 0 bridgehead atoms. The van der Waals surface area contributed by atoms with E-state index in [9.17, 15) is 14.9 Å². The molecule has 0 saturated carbocycles. The number of aromatic nitrogens is 1. The molecule has 0 saturated heterocycles. The maximum absolute atomic E-state index is 12.0. The standard InChI is InChI=1S/C11H16N4O3/c1-4-11(2,3)14-10(16)8-5-7(15(17)18)6-13-9(8)12/h5-6H,4H2,1-3H3,(H2,12,13)(H,14,16). The number of nitrogen functional groups attached to an aromatic ring is 1. The maximum atomic E-state index is 12.0. The van der Waals surface area contributed by atoms with Crippen LogP contribution in [0.3, 0.4) is 0 Å². The van der Waals surface area contributed by atoms with Gasteiger partial charge in [-0.2, -0.15) is 0 Å². The number of hydrogen-bond acceptors (Lipinski definition) is 5. The second kappa shape index (κ2) is 4.99. The van der Waals surface area contributed by atoms with E-state index in [0.29, 0.717) is 0 Å². The van der Waals surface area contributed by atoms with Gasteiger partial charge in [0.25, 0.3) is 11.6 Å². The Morgan fingerprint density at radius 3 is 2.72 bits per heavy atom. The lowest BCUT2D eigenvalue weighted by atomic mass is 10.0. The van der Waals surface area contributed by atoms with Gasteiger partial charge >= 0.3 is 0 Å². The topological polar surface area (TPSA) is 111 Å². The van der Waals surface area contributed by atoms with Gasteiger partial charge in [-0.1, -0.05) is 6.92 Å². The van der Waals surface area contributed by atoms with Crippen molar-refractivity contribution in [3.8, 4) is 0 Å². The molecule has 7 heteroatoms. The highest BCUT2D eigenvalue weighted by atomic mass is 16.6. The molecular weight excluding hydrogens is 236 g/mol. The monoisotopic (exact) mass is 252 g/mol. The molecule has 0 aromatic carbocycles. The normalized spacial score (nSPS) is 11.1. The molecule has 1 aromatic rings. The summed E-state index contributed by atoms with van der Waals surface area (Å²) in [7, 11) is 0. The van der Waals surface area contributed by atoms with Crippen molar-refractivity contribution in [3.63, 3.8) is 0 Å². The SMILES string of the molecule is CCC(C)(C)NC(=O)c1cc([N+](=O)[O-])cnc1N. The number of anilines is 1. The highest BCUT2D eigenvalue weighted by molar-refractivity contribution is 5.99. The van der Waals surface area contributed by atoms with Crippen LogP contribution in [-0.4, -0.2) is 21.4 Å². The fraction of sp³-hybridized carbons (Fsp3) is 0.455. The molecule has 0 unspecified atom stereocenters. The highest BCUT2D eigenvalue weighted by Gasteiger charge is 2.22. The van der Waals surface area contributed by atoms with Gasteiger partial charge in [-0.25, -0.2) is 4.98 Å². The van der Waals surface area contributed by atoms with Gasteiger partial charge in [0.1, 0.15) is 12.0 Å². The fourth-order valence-corrected chi connectivity index (χ4v) is 1.21. The second-order valence-corrected chi connectivity index (χ2v) is 4.57. The number of pyridine rings is 1. The molecule has 18 heavy (non-hydrogen) atoms. The first kappa shape index (κ1) is 13.9. The first-order valence-electron chi connectivity index (χ1n) is 5.49. The van der Waals surface area contributed by atoms with Crippen LogP contribution in [0.4, 0.5) is 11.5 Å². The molecule has 98 valence electrons. The van der Waals surface area contributed by atoms with Crippen molar-refractivity contribution in [2.24, 2.45) is 0 Å². The van der Waals surface area contributed by atoms with E-state index in [1.54, 1.807) is 0 Å². The number of hydrogen-bond donors (Lipinski definition) is 2. The molecule has 0 spiro atoms. The van der Waals surface area contributed by atoms with Crippen molar-refractivity contribution in [3.05, 3.63) is 27.9 Å². The summed E-state index contributed by atoms with van der Waals surface area (Å²) in [5.74, 6) is -0.486. The summed E-state index contributed by atoms with van der Waals surface area (Å²) < 4.78 is 0. The van der Waals surface area contributed by atoms with Crippen LogP contribution in [0, 0.1) is 10.1 Å². The Bertz CT molecular complexity index is 485. The number of nitrogens with one attached hydrogen (secondary N) is 1. The van der Waals surface area contributed by atoms with E-state index in [4.69, 9.17) is 5.73 Å². The molecule has 1 rings (SSSR count). The zero-order chi connectivity index (χ0) is 13.9. The number of rotatable bonds is 4. The molecule has 7 nitrogen and oxygen atoms in total. The molecule has 1 aromatic heterocycles. The van der Waals surface area contributed by atoms with Crippen molar-refractivity contribution >= 4 is 17.4 Å². The van der Waals surface area contributed by atoms with Crippen molar-refractivity contribution in [2.75, 3.05) is 5.73 Å². The Morgan fingerprint density at radius 2 is 2.22 bits per heavy atom. The maximum Gasteiger partial charge on any atom is 0.288 e. The number of carbonyl (C=O) groups excluding carboxylic acids is 1. The van der Waals surface area contributed by atoms with E-state index in [1.165, 1.54) is 0 Å². The smallest absolute Gasteiger partial charge is 0.288 e. The van der Waals surface area contributed by atoms with Crippen molar-refractivity contribution < 1.29 is 9.72 Å². The molecule has 0 fully saturated rings. The molecule has 0 radical (unpaired) electrons. The van der Waals surface area contributed by atoms with Crippen LogP contribution >= 0.6 is 0 Å². The Morgan fingerprint density at radius 1 is 1.61 bits per heavy atom. The van der Waals surface area contributed by atoms with E-state index in [0.717, 1.165) is 18.7 Å². The van der Waals surface area contributed by atoms with Gasteiger partial charge in [-0.3, -0.25) is 14.9 Å². The van der Waals surface area contributed by atoms with Crippen LogP contribution in [0.5, 0.6) is 0 Å². The van der Waals surface area contributed by atoms with Crippen molar-refractivity contribution in [1.82, 2.24) is 10.3 Å². The van der Waals surface area contributed by atoms with Crippen LogP contribution in [-0.2, 0) is 0 Å². The minimum atomic E-state index is -0.617. The number of nitro groups is 1. The van der Waals surface area contributed by atoms with E-state index in [-0.39, 0.29) is 17.1 Å². The Labute approximate surface area is 105 Å². The highest BCUT2D eigenvalue weighted by Crippen LogP contribution is 2.18. The molecule has 0 aliphatic rings. The van der Waals surface area contributed by atoms with Gasteiger partial charge in [0, 0.05) is 11.6 Å². The van der Waals surface area contributed by atoms with Crippen LogP contribution < -0.4 is 11.1 Å². The first-order valence-corrected chi connectivity index (χ1v) is 5.49. The summed E-state index contributed by atoms with van der Waals surface area (Å²) in [6, 6.07) is 1.13. The lowest BCUT2D eigenvalue weighted by Crippen LogP contribution is -2.43. The lowest BCUT2D eigenvalue weighted by molar-refractivity contribution is -0.385. The van der Waals surface area contributed by atoms with E-state index >= 15 is 0 Å². The zero-order valence-corrected chi connectivity index (χ0v) is 10.6. The van der Waals surface area contributed by atoms with Crippen LogP contribution in [0.15, 0.2) is 12.3 Å². The molecule has 0 aliphatic carbocycles. The minimum absolute atomic E-state index is 0.0192. The zero-order valence-electron chi connectivity index (χ0n) is 10.6. The van der Waals surface area contributed by atoms with E-state index in [1.807, 2.05) is 20.8 Å². The van der Waals surface area contributed by atoms with Crippen LogP contribution in [0.25, 0.3) is 0 Å². The number of carbonyl (C=O) groups is 1. The quantitative estimate of drug-likeness (QED) is 0.622. The Balaban J connectivity index is 3.05. The first-order chi connectivity index (χ1) is 8.26. The predicted molar refractivity (Wildman–Crippen MR) is 67.1 cm³/mol. The van der Waals surface area contributed by atoms with Gasteiger partial charge < -0.3 is 11.1 Å². The molecular formula is C11H16N4O3. The average Bonchev–Trinajstić information content (AvgIpc) is 2.28. The Hall–Kier alpha value is -2.18. The van der Waals surface area contributed by atoms with Crippen LogP contribution in [0.2, 0.25) is 0 Å². The third kappa shape index (κ3) is 3.16. The van der Waals surface area contributed by atoms with E-state index in [2.05, 4.69) is 10.3 Å². The van der Waals surface area contributed by atoms with Gasteiger partial charge in [0.15, 0.2) is 0 Å². The fourth-order valence-electron chi connectivity index (χ4n) is 1.21. The number of amides is 1. The third-order valence-electron chi connectivity index (χ3n) is 2.70. The summed E-state index contributed by atoms with van der Waals surface area (Å²) in [4.78, 5) is 25.6. The second-order valence-electron chi connectivity index (χ2n) is 4.57. The molecule has 3 N–H and O–H groups in total. The summed E-state index contributed by atoms with van der Waals surface area (Å²) in [5.41, 5.74) is 4.91. The average molecular weight is 252 g/mol. The molecule has 0 atom stereocenters. The van der Waals surface area contributed by atoms with Crippen LogP contribution in [0.1, 0.15) is 37.6 Å². The van der Waals surface area contributed by atoms with Crippen molar-refractivity contribution in [1.29, 1.82) is 0 Å². The van der Waals surface area contributed by atoms with Gasteiger partial charge in [-0.15, -0.1) is 0 Å². The summed E-state index contributed by atoms with van der Waals surface area (Å²) >= 11 is 0. The summed E-state index contributed by atoms with van der Waals surface area (Å²) in [6.45, 7) is 5.63. The summed E-state index contributed by atoms with van der Waals surface area (Å²) in [6.07, 6.45) is 1.75. The lowest BCUT2D eigenvalue weighted by Gasteiger charge is -2.24. The predicted octanol–water partition coefficient (Wildman–Crippen LogP) is 1.49. The van der Waals surface area contributed by atoms with Gasteiger partial charge in [-0.05, 0) is 20.3 Å².